The van der Waals surface area contributed by atoms with E-state index in [2.05, 4.69) is 19.9 Å². The van der Waals surface area contributed by atoms with E-state index >= 15 is 0 Å². The average molecular weight is 252 g/mol. The molecule has 0 saturated carbocycles. The first-order chi connectivity index (χ1) is 8.41. The molecule has 0 heterocycles. The molecular weight excluding hydrogens is 228 g/mol. The Morgan fingerprint density at radius 1 is 1.11 bits per heavy atom. The van der Waals surface area contributed by atoms with E-state index < -0.39 is 6.10 Å². The first-order valence-electron chi connectivity index (χ1n) is 6.52. The SMILES string of the molecule is CC(O)COc1cccc(C(C)C)c1OC(C)C. The zero-order valence-corrected chi connectivity index (χ0v) is 11.9. The second-order valence-corrected chi connectivity index (χ2v) is 5.16. The maximum Gasteiger partial charge on any atom is 0.164 e. The molecule has 1 atom stereocenters. The van der Waals surface area contributed by atoms with Gasteiger partial charge in [0.15, 0.2) is 11.5 Å². The van der Waals surface area contributed by atoms with Crippen molar-refractivity contribution >= 4 is 0 Å². The Labute approximate surface area is 110 Å². The average Bonchev–Trinajstić information content (AvgIpc) is 2.26. The van der Waals surface area contributed by atoms with Gasteiger partial charge < -0.3 is 14.6 Å². The van der Waals surface area contributed by atoms with E-state index in [0.717, 1.165) is 11.3 Å². The lowest BCUT2D eigenvalue weighted by atomic mass is 10.0. The van der Waals surface area contributed by atoms with Crippen LogP contribution < -0.4 is 9.47 Å². The van der Waals surface area contributed by atoms with Gasteiger partial charge in [0.25, 0.3) is 0 Å². The highest BCUT2D eigenvalue weighted by molar-refractivity contribution is 5.48. The quantitative estimate of drug-likeness (QED) is 0.843. The van der Waals surface area contributed by atoms with Gasteiger partial charge in [0.1, 0.15) is 6.61 Å². The number of ether oxygens (including phenoxy) is 2. The summed E-state index contributed by atoms with van der Waals surface area (Å²) in [6.07, 6.45) is -0.390. The van der Waals surface area contributed by atoms with Crippen molar-refractivity contribution in [2.75, 3.05) is 6.61 Å². The van der Waals surface area contributed by atoms with Crippen molar-refractivity contribution in [1.82, 2.24) is 0 Å². The van der Waals surface area contributed by atoms with E-state index in [0.29, 0.717) is 11.7 Å². The minimum atomic E-state index is -0.486. The van der Waals surface area contributed by atoms with Crippen LogP contribution in [0.5, 0.6) is 11.5 Å². The van der Waals surface area contributed by atoms with E-state index in [4.69, 9.17) is 9.47 Å². The van der Waals surface area contributed by atoms with Crippen LogP contribution in [0.3, 0.4) is 0 Å². The molecule has 18 heavy (non-hydrogen) atoms. The molecule has 1 rings (SSSR count). The second kappa shape index (κ2) is 6.64. The number of rotatable bonds is 6. The van der Waals surface area contributed by atoms with Gasteiger partial charge >= 0.3 is 0 Å². The molecule has 1 N–H and O–H groups in total. The fourth-order valence-corrected chi connectivity index (χ4v) is 1.67. The van der Waals surface area contributed by atoms with Gasteiger partial charge in [0, 0.05) is 5.56 Å². The zero-order valence-electron chi connectivity index (χ0n) is 11.9. The van der Waals surface area contributed by atoms with Gasteiger partial charge in [-0.15, -0.1) is 0 Å². The van der Waals surface area contributed by atoms with E-state index in [1.54, 1.807) is 6.92 Å². The largest absolute Gasteiger partial charge is 0.487 e. The third kappa shape index (κ3) is 4.22. The summed E-state index contributed by atoms with van der Waals surface area (Å²) in [4.78, 5) is 0. The Bertz CT molecular complexity index is 370. The molecule has 0 saturated heterocycles. The summed E-state index contributed by atoms with van der Waals surface area (Å²) >= 11 is 0. The molecule has 3 heteroatoms. The Balaban J connectivity index is 3.03. The first-order valence-corrected chi connectivity index (χ1v) is 6.52. The lowest BCUT2D eigenvalue weighted by Crippen LogP contribution is -2.15. The molecule has 1 unspecified atom stereocenters. The number of aliphatic hydroxyl groups excluding tert-OH is 1. The van der Waals surface area contributed by atoms with E-state index in [1.165, 1.54) is 0 Å². The molecule has 0 aromatic heterocycles. The minimum Gasteiger partial charge on any atom is -0.487 e. The monoisotopic (exact) mass is 252 g/mol. The summed E-state index contributed by atoms with van der Waals surface area (Å²) in [6.45, 7) is 10.2. The summed E-state index contributed by atoms with van der Waals surface area (Å²) < 4.78 is 11.5. The predicted octanol–water partition coefficient (Wildman–Crippen LogP) is 3.36. The molecule has 0 aliphatic heterocycles. The second-order valence-electron chi connectivity index (χ2n) is 5.16. The van der Waals surface area contributed by atoms with Gasteiger partial charge in [0.05, 0.1) is 12.2 Å². The number of hydrogen-bond acceptors (Lipinski definition) is 3. The molecule has 102 valence electrons. The molecule has 0 amide bonds. The van der Waals surface area contributed by atoms with Gasteiger partial charge in [-0.1, -0.05) is 26.0 Å². The summed E-state index contributed by atoms with van der Waals surface area (Å²) in [7, 11) is 0. The topological polar surface area (TPSA) is 38.7 Å². The maximum absolute atomic E-state index is 9.30. The van der Waals surface area contributed by atoms with Crippen LogP contribution in [0.15, 0.2) is 18.2 Å². The van der Waals surface area contributed by atoms with E-state index in [9.17, 15) is 5.11 Å². The summed E-state index contributed by atoms with van der Waals surface area (Å²) in [5.74, 6) is 1.87. The number of benzene rings is 1. The molecule has 0 radical (unpaired) electrons. The lowest BCUT2D eigenvalue weighted by molar-refractivity contribution is 0.118. The lowest BCUT2D eigenvalue weighted by Gasteiger charge is -2.20. The number of aliphatic hydroxyl groups is 1. The van der Waals surface area contributed by atoms with Crippen molar-refractivity contribution in [3.05, 3.63) is 23.8 Å². The molecular formula is C15H24O3. The molecule has 3 nitrogen and oxygen atoms in total. The molecule has 0 aliphatic rings. The van der Waals surface area contributed by atoms with Crippen molar-refractivity contribution in [2.45, 2.75) is 52.7 Å². The van der Waals surface area contributed by atoms with Crippen LogP contribution in [0.4, 0.5) is 0 Å². The highest BCUT2D eigenvalue weighted by Crippen LogP contribution is 2.36. The zero-order chi connectivity index (χ0) is 13.7. The molecule has 0 spiro atoms. The summed E-state index contributed by atoms with van der Waals surface area (Å²) in [5, 5.41) is 9.30. The van der Waals surface area contributed by atoms with Gasteiger partial charge in [0.2, 0.25) is 0 Å². The summed E-state index contributed by atoms with van der Waals surface area (Å²) in [5.41, 5.74) is 1.13. The van der Waals surface area contributed by atoms with Crippen molar-refractivity contribution in [2.24, 2.45) is 0 Å². The van der Waals surface area contributed by atoms with Crippen LogP contribution in [0.2, 0.25) is 0 Å². The van der Waals surface area contributed by atoms with Crippen LogP contribution in [-0.2, 0) is 0 Å². The van der Waals surface area contributed by atoms with Crippen molar-refractivity contribution in [1.29, 1.82) is 0 Å². The van der Waals surface area contributed by atoms with Gasteiger partial charge in [-0.25, -0.2) is 0 Å². The van der Waals surface area contributed by atoms with Gasteiger partial charge in [-0.2, -0.15) is 0 Å². The number of hydrogen-bond donors (Lipinski definition) is 1. The first kappa shape index (κ1) is 14.8. The normalized spacial score (nSPS) is 12.9. The Morgan fingerprint density at radius 3 is 2.28 bits per heavy atom. The van der Waals surface area contributed by atoms with Crippen LogP contribution in [0, 0.1) is 0 Å². The van der Waals surface area contributed by atoms with E-state index in [1.807, 2.05) is 26.0 Å². The van der Waals surface area contributed by atoms with Crippen molar-refractivity contribution in [3.63, 3.8) is 0 Å². The molecule has 1 aromatic carbocycles. The highest BCUT2D eigenvalue weighted by atomic mass is 16.5. The maximum atomic E-state index is 9.30. The van der Waals surface area contributed by atoms with Crippen molar-refractivity contribution in [3.8, 4) is 11.5 Å². The Hall–Kier alpha value is -1.22. The Kier molecular flexibility index (Phi) is 5.48. The fraction of sp³-hybridized carbons (Fsp3) is 0.600. The fourth-order valence-electron chi connectivity index (χ4n) is 1.67. The van der Waals surface area contributed by atoms with Crippen LogP contribution in [0.1, 0.15) is 46.1 Å². The molecule has 0 bridgehead atoms. The van der Waals surface area contributed by atoms with Crippen molar-refractivity contribution < 1.29 is 14.6 Å². The smallest absolute Gasteiger partial charge is 0.164 e. The molecule has 1 aromatic rings. The Morgan fingerprint density at radius 2 is 1.78 bits per heavy atom. The third-order valence-corrected chi connectivity index (χ3v) is 2.46. The van der Waals surface area contributed by atoms with Crippen LogP contribution in [0.25, 0.3) is 0 Å². The predicted molar refractivity (Wildman–Crippen MR) is 73.5 cm³/mol. The van der Waals surface area contributed by atoms with E-state index in [-0.39, 0.29) is 12.7 Å². The minimum absolute atomic E-state index is 0.0961. The number of para-hydroxylation sites is 1. The molecule has 0 aliphatic carbocycles. The summed E-state index contributed by atoms with van der Waals surface area (Å²) in [6, 6.07) is 5.89. The molecule has 0 fully saturated rings. The standard InChI is InChI=1S/C15H24O3/c1-10(2)13-7-6-8-14(17-9-12(5)16)15(13)18-11(3)4/h6-8,10-12,16H,9H2,1-5H3. The van der Waals surface area contributed by atoms with Gasteiger partial charge in [-0.3, -0.25) is 0 Å². The van der Waals surface area contributed by atoms with Gasteiger partial charge in [-0.05, 0) is 32.8 Å². The van der Waals surface area contributed by atoms with Crippen LogP contribution >= 0.6 is 0 Å². The third-order valence-electron chi connectivity index (χ3n) is 2.46. The highest BCUT2D eigenvalue weighted by Gasteiger charge is 2.15. The van der Waals surface area contributed by atoms with Crippen LogP contribution in [-0.4, -0.2) is 23.9 Å².